The third kappa shape index (κ3) is 2.73. The molecule has 0 unspecified atom stereocenters. The van der Waals surface area contributed by atoms with E-state index in [9.17, 15) is 0 Å². The Balaban J connectivity index is 1.76. The first-order chi connectivity index (χ1) is 9.85. The van der Waals surface area contributed by atoms with E-state index in [1.165, 1.54) is 6.42 Å². The number of hydrogen-bond donors (Lipinski definition) is 2. The Morgan fingerprint density at radius 3 is 2.95 bits per heavy atom. The maximum Gasteiger partial charge on any atom is 0.227 e. The average Bonchev–Trinajstić information content (AvgIpc) is 3.03. The van der Waals surface area contributed by atoms with Gasteiger partial charge < -0.3 is 10.6 Å². The smallest absolute Gasteiger partial charge is 0.227 e. The van der Waals surface area contributed by atoms with E-state index in [2.05, 4.69) is 25.6 Å². The van der Waals surface area contributed by atoms with Gasteiger partial charge in [0.2, 0.25) is 5.95 Å². The van der Waals surface area contributed by atoms with Crippen molar-refractivity contribution in [1.29, 1.82) is 5.26 Å². The van der Waals surface area contributed by atoms with Crippen LogP contribution in [0, 0.1) is 11.3 Å². The first-order valence-electron chi connectivity index (χ1n) is 6.54. The number of anilines is 2. The number of pyridine rings is 1. The van der Waals surface area contributed by atoms with Crippen molar-refractivity contribution in [3.05, 3.63) is 42.0 Å². The molecule has 0 bridgehead atoms. The Labute approximate surface area is 116 Å². The molecule has 1 aliphatic rings. The predicted molar refractivity (Wildman–Crippen MR) is 74.2 cm³/mol. The zero-order valence-electron chi connectivity index (χ0n) is 10.9. The van der Waals surface area contributed by atoms with Gasteiger partial charge in [0.1, 0.15) is 11.8 Å². The Morgan fingerprint density at radius 1 is 1.30 bits per heavy atom. The van der Waals surface area contributed by atoms with Gasteiger partial charge in [-0.25, -0.2) is 15.0 Å². The van der Waals surface area contributed by atoms with Crippen LogP contribution in [0.15, 0.2) is 30.6 Å². The van der Waals surface area contributed by atoms with Crippen LogP contribution in [0.2, 0.25) is 0 Å². The molecule has 3 rings (SSSR count). The first kappa shape index (κ1) is 12.5. The molecule has 2 N–H and O–H groups in total. The zero-order valence-corrected chi connectivity index (χ0v) is 10.9. The van der Waals surface area contributed by atoms with Crippen molar-refractivity contribution in [3.8, 4) is 6.07 Å². The Kier molecular flexibility index (Phi) is 3.52. The van der Waals surface area contributed by atoms with Crippen molar-refractivity contribution in [2.24, 2.45) is 0 Å². The quantitative estimate of drug-likeness (QED) is 0.882. The van der Waals surface area contributed by atoms with E-state index in [-0.39, 0.29) is 0 Å². The number of hydrogen-bond acceptors (Lipinski definition) is 6. The fraction of sp³-hybridized carbons (Fsp3) is 0.286. The minimum atomic E-state index is 0.317. The highest BCUT2D eigenvalue weighted by molar-refractivity contribution is 5.52. The van der Waals surface area contributed by atoms with Crippen molar-refractivity contribution < 1.29 is 0 Å². The molecule has 20 heavy (non-hydrogen) atoms. The summed E-state index contributed by atoms with van der Waals surface area (Å²) in [5.74, 6) is 0.544. The molecule has 1 fully saturated rings. The van der Waals surface area contributed by atoms with Gasteiger partial charge in [-0.1, -0.05) is 0 Å². The Bertz CT molecular complexity index is 625. The summed E-state index contributed by atoms with van der Waals surface area (Å²) < 4.78 is 0. The maximum absolute atomic E-state index is 8.71. The normalized spacial score (nSPS) is 17.6. The van der Waals surface area contributed by atoms with Gasteiger partial charge >= 0.3 is 0 Å². The summed E-state index contributed by atoms with van der Waals surface area (Å²) >= 11 is 0. The average molecular weight is 266 g/mol. The van der Waals surface area contributed by atoms with Crippen LogP contribution in [0.3, 0.4) is 0 Å². The van der Waals surface area contributed by atoms with Crippen molar-refractivity contribution in [3.63, 3.8) is 0 Å². The molecule has 1 atom stereocenters. The number of rotatable bonds is 3. The lowest BCUT2D eigenvalue weighted by Gasteiger charge is -2.11. The highest BCUT2D eigenvalue weighted by Crippen LogP contribution is 2.22. The summed E-state index contributed by atoms with van der Waals surface area (Å²) in [5.41, 5.74) is 2.16. The van der Waals surface area contributed by atoms with Crippen LogP contribution < -0.4 is 10.6 Å². The number of nitrogens with one attached hydrogen (secondary N) is 2. The molecule has 0 aliphatic carbocycles. The zero-order chi connectivity index (χ0) is 13.8. The highest BCUT2D eigenvalue weighted by atomic mass is 15.1. The van der Waals surface area contributed by atoms with Gasteiger partial charge in [-0.3, -0.25) is 0 Å². The lowest BCUT2D eigenvalue weighted by atomic mass is 10.1. The molecule has 1 saturated heterocycles. The summed E-state index contributed by atoms with van der Waals surface area (Å²) in [6, 6.07) is 7.68. The number of nitriles is 1. The first-order valence-corrected chi connectivity index (χ1v) is 6.54. The minimum Gasteiger partial charge on any atom is -0.323 e. The molecule has 1 aliphatic heterocycles. The summed E-state index contributed by atoms with van der Waals surface area (Å²) in [6.07, 6.45) is 5.63. The molecule has 0 amide bonds. The van der Waals surface area contributed by atoms with Crippen LogP contribution >= 0.6 is 0 Å². The number of nitrogens with zero attached hydrogens (tertiary/aromatic N) is 4. The van der Waals surface area contributed by atoms with Crippen molar-refractivity contribution in [1.82, 2.24) is 20.3 Å². The number of aromatic nitrogens is 3. The van der Waals surface area contributed by atoms with Crippen molar-refractivity contribution >= 4 is 11.6 Å². The SMILES string of the molecule is N#Cc1ccc(Nc2nccc([C@H]3CCCN3)n2)cn1. The van der Waals surface area contributed by atoms with Crippen LogP contribution in [-0.2, 0) is 0 Å². The summed E-state index contributed by atoms with van der Waals surface area (Å²) in [7, 11) is 0. The lowest BCUT2D eigenvalue weighted by Crippen LogP contribution is -2.15. The lowest BCUT2D eigenvalue weighted by molar-refractivity contribution is 0.627. The largest absolute Gasteiger partial charge is 0.323 e. The molecule has 2 aromatic rings. The van der Waals surface area contributed by atoms with E-state index < -0.39 is 0 Å². The fourth-order valence-corrected chi connectivity index (χ4v) is 2.23. The molecular formula is C14H14N6. The molecule has 100 valence electrons. The van der Waals surface area contributed by atoms with Gasteiger partial charge in [-0.05, 0) is 37.6 Å². The molecule has 0 saturated carbocycles. The molecular weight excluding hydrogens is 252 g/mol. The highest BCUT2D eigenvalue weighted by Gasteiger charge is 2.17. The van der Waals surface area contributed by atoms with E-state index in [4.69, 9.17) is 5.26 Å². The van der Waals surface area contributed by atoms with Crippen LogP contribution in [0.5, 0.6) is 0 Å². The van der Waals surface area contributed by atoms with E-state index >= 15 is 0 Å². The van der Waals surface area contributed by atoms with E-state index in [1.54, 1.807) is 24.5 Å². The van der Waals surface area contributed by atoms with E-state index in [1.807, 2.05) is 12.1 Å². The molecule has 3 heterocycles. The standard InChI is InChI=1S/C14H14N6/c15-8-10-3-4-11(9-18-10)19-14-17-7-5-13(20-14)12-2-1-6-16-12/h3-5,7,9,12,16H,1-2,6H2,(H,17,19,20)/t12-/m1/s1. The van der Waals surface area contributed by atoms with Crippen LogP contribution in [-0.4, -0.2) is 21.5 Å². The van der Waals surface area contributed by atoms with Crippen molar-refractivity contribution in [2.75, 3.05) is 11.9 Å². The monoisotopic (exact) mass is 266 g/mol. The maximum atomic E-state index is 8.71. The molecule has 2 aromatic heterocycles. The van der Waals surface area contributed by atoms with E-state index in [0.29, 0.717) is 17.7 Å². The van der Waals surface area contributed by atoms with Gasteiger partial charge in [0.25, 0.3) is 0 Å². The summed E-state index contributed by atoms with van der Waals surface area (Å²) in [6.45, 7) is 1.04. The third-order valence-corrected chi connectivity index (χ3v) is 3.23. The van der Waals surface area contributed by atoms with Crippen molar-refractivity contribution in [2.45, 2.75) is 18.9 Å². The Morgan fingerprint density at radius 2 is 2.25 bits per heavy atom. The van der Waals surface area contributed by atoms with Crippen LogP contribution in [0.1, 0.15) is 30.3 Å². The molecule has 0 radical (unpaired) electrons. The van der Waals surface area contributed by atoms with Crippen LogP contribution in [0.4, 0.5) is 11.6 Å². The Hall–Kier alpha value is -2.52. The predicted octanol–water partition coefficient (Wildman–Crippen LogP) is 1.91. The van der Waals surface area contributed by atoms with Gasteiger partial charge in [0.05, 0.1) is 17.6 Å². The molecule has 0 spiro atoms. The van der Waals surface area contributed by atoms with Gasteiger partial charge in [-0.2, -0.15) is 5.26 Å². The fourth-order valence-electron chi connectivity index (χ4n) is 2.23. The minimum absolute atomic E-state index is 0.317. The van der Waals surface area contributed by atoms with Crippen LogP contribution in [0.25, 0.3) is 0 Å². The second kappa shape index (κ2) is 5.63. The topological polar surface area (TPSA) is 86.5 Å². The van der Waals surface area contributed by atoms with E-state index in [0.717, 1.165) is 24.3 Å². The summed E-state index contributed by atoms with van der Waals surface area (Å²) in [4.78, 5) is 12.7. The van der Waals surface area contributed by atoms with Gasteiger partial charge in [0, 0.05) is 12.2 Å². The third-order valence-electron chi connectivity index (χ3n) is 3.23. The van der Waals surface area contributed by atoms with Gasteiger partial charge in [0.15, 0.2) is 0 Å². The molecule has 6 heteroatoms. The molecule has 6 nitrogen and oxygen atoms in total. The second-order valence-corrected chi connectivity index (χ2v) is 4.62. The summed E-state index contributed by atoms with van der Waals surface area (Å²) in [5, 5.41) is 15.2. The second-order valence-electron chi connectivity index (χ2n) is 4.62. The molecule has 0 aromatic carbocycles. The van der Waals surface area contributed by atoms with Gasteiger partial charge in [-0.15, -0.1) is 0 Å².